The zero-order valence-electron chi connectivity index (χ0n) is 17.7. The highest BCUT2D eigenvalue weighted by molar-refractivity contribution is 6.10. The van der Waals surface area contributed by atoms with E-state index in [1.54, 1.807) is 15.9 Å². The summed E-state index contributed by atoms with van der Waals surface area (Å²) in [5.74, 6) is -0.261. The summed E-state index contributed by atoms with van der Waals surface area (Å²) in [4.78, 5) is 46.5. The number of nitrogens with one attached hydrogen (secondary N) is 1. The molecule has 7 heteroatoms. The minimum atomic E-state index is -0.188. The zero-order chi connectivity index (χ0) is 22.2. The van der Waals surface area contributed by atoms with E-state index in [0.717, 1.165) is 22.0 Å². The second-order valence-electron chi connectivity index (χ2n) is 8.18. The van der Waals surface area contributed by atoms with E-state index in [9.17, 15) is 14.4 Å². The van der Waals surface area contributed by atoms with Crippen molar-refractivity contribution >= 4 is 34.3 Å². The van der Waals surface area contributed by atoms with Gasteiger partial charge in [0.1, 0.15) is 6.54 Å². The van der Waals surface area contributed by atoms with Crippen LogP contribution in [0.3, 0.4) is 0 Å². The van der Waals surface area contributed by atoms with Crippen molar-refractivity contribution in [3.63, 3.8) is 0 Å². The first kappa shape index (κ1) is 20.1. The molecule has 1 aromatic heterocycles. The van der Waals surface area contributed by atoms with Gasteiger partial charge in [0.15, 0.2) is 0 Å². The number of benzene rings is 2. The Kier molecular flexibility index (Phi) is 5.01. The van der Waals surface area contributed by atoms with Crippen LogP contribution >= 0.6 is 0 Å². The van der Waals surface area contributed by atoms with Crippen molar-refractivity contribution in [3.8, 4) is 0 Å². The first-order valence-corrected chi connectivity index (χ1v) is 10.7. The van der Waals surface area contributed by atoms with Gasteiger partial charge in [-0.2, -0.15) is 0 Å². The Bertz CT molecular complexity index is 1200. The number of aromatic amines is 1. The molecule has 3 aromatic rings. The van der Waals surface area contributed by atoms with Crippen molar-refractivity contribution < 1.29 is 14.4 Å². The lowest BCUT2D eigenvalue weighted by Gasteiger charge is -2.35. The fourth-order valence-corrected chi connectivity index (χ4v) is 4.49. The maximum absolute atomic E-state index is 12.9. The van der Waals surface area contributed by atoms with E-state index in [1.165, 1.54) is 4.90 Å². The van der Waals surface area contributed by atoms with Gasteiger partial charge < -0.3 is 14.8 Å². The Morgan fingerprint density at radius 1 is 0.875 bits per heavy atom. The first-order valence-electron chi connectivity index (χ1n) is 10.7. The van der Waals surface area contributed by atoms with Crippen LogP contribution < -0.4 is 0 Å². The number of aromatic nitrogens is 1. The van der Waals surface area contributed by atoms with Gasteiger partial charge >= 0.3 is 0 Å². The van der Waals surface area contributed by atoms with E-state index < -0.39 is 0 Å². The van der Waals surface area contributed by atoms with E-state index in [4.69, 9.17) is 0 Å². The molecule has 0 spiro atoms. The van der Waals surface area contributed by atoms with E-state index in [2.05, 4.69) is 11.6 Å². The largest absolute Gasteiger partial charge is 0.361 e. The van der Waals surface area contributed by atoms with Crippen LogP contribution in [-0.2, 0) is 16.0 Å². The molecule has 32 heavy (non-hydrogen) atoms. The number of fused-ring (bicyclic) bond motifs is 2. The maximum Gasteiger partial charge on any atom is 0.259 e. The molecule has 0 bridgehead atoms. The molecule has 2 aliphatic heterocycles. The quantitative estimate of drug-likeness (QED) is 0.694. The molecule has 1 fully saturated rings. The lowest BCUT2D eigenvalue weighted by molar-refractivity contribution is -0.139. The number of amides is 3. The van der Waals surface area contributed by atoms with E-state index in [0.29, 0.717) is 43.9 Å². The average Bonchev–Trinajstić information content (AvgIpc) is 3.34. The molecular weight excluding hydrogens is 404 g/mol. The monoisotopic (exact) mass is 428 g/mol. The van der Waals surface area contributed by atoms with Crippen molar-refractivity contribution in [1.29, 1.82) is 0 Å². The molecule has 3 amide bonds. The topological polar surface area (TPSA) is 76.7 Å². The first-order chi connectivity index (χ1) is 15.5. The Morgan fingerprint density at radius 2 is 1.50 bits per heavy atom. The van der Waals surface area contributed by atoms with Crippen molar-refractivity contribution in [2.45, 2.75) is 6.42 Å². The number of carbonyl (C=O) groups excluding carboxylic acids is 3. The molecule has 0 saturated carbocycles. The van der Waals surface area contributed by atoms with Gasteiger partial charge in [-0.1, -0.05) is 43.0 Å². The minimum absolute atomic E-state index is 0.0321. The molecular formula is C25H24N4O3. The second-order valence-corrected chi connectivity index (χ2v) is 8.18. The normalized spacial score (nSPS) is 16.1. The molecule has 7 nitrogen and oxygen atoms in total. The summed E-state index contributed by atoms with van der Waals surface area (Å²) in [5.41, 5.74) is 3.92. The van der Waals surface area contributed by atoms with Crippen molar-refractivity contribution in [2.24, 2.45) is 0 Å². The zero-order valence-corrected chi connectivity index (χ0v) is 17.7. The van der Waals surface area contributed by atoms with Gasteiger partial charge in [0.25, 0.3) is 5.91 Å². The summed E-state index contributed by atoms with van der Waals surface area (Å²) in [7, 11) is 0. The van der Waals surface area contributed by atoms with Gasteiger partial charge in [0.05, 0.1) is 6.42 Å². The highest BCUT2D eigenvalue weighted by Gasteiger charge is 2.34. The Balaban J connectivity index is 1.17. The molecule has 3 heterocycles. The summed E-state index contributed by atoms with van der Waals surface area (Å²) >= 11 is 0. The standard InChI is InChI=1S/C25H24N4O3/c1-17-19-6-2-3-8-21(19)25(32)29(17)16-24(31)28-12-10-27(11-13-28)23(30)14-18-15-26-22-9-5-4-7-20(18)22/h2-9,15,26H,1,10-14,16H2. The fraction of sp³-hybridized carbons (Fsp3) is 0.240. The highest BCUT2D eigenvalue weighted by atomic mass is 16.2. The van der Waals surface area contributed by atoms with Crippen LogP contribution in [0.1, 0.15) is 21.5 Å². The third kappa shape index (κ3) is 3.45. The predicted molar refractivity (Wildman–Crippen MR) is 122 cm³/mol. The number of nitrogens with zero attached hydrogens (tertiary/aromatic N) is 3. The van der Waals surface area contributed by atoms with Crippen LogP contribution in [-0.4, -0.2) is 70.1 Å². The Morgan fingerprint density at radius 3 is 2.22 bits per heavy atom. The summed E-state index contributed by atoms with van der Waals surface area (Å²) in [6.07, 6.45) is 2.22. The molecule has 0 radical (unpaired) electrons. The summed E-state index contributed by atoms with van der Waals surface area (Å²) < 4.78 is 0. The van der Waals surface area contributed by atoms with Gasteiger partial charge in [-0.15, -0.1) is 0 Å². The molecule has 162 valence electrons. The number of para-hydroxylation sites is 1. The summed E-state index contributed by atoms with van der Waals surface area (Å²) in [6.45, 7) is 5.86. The summed E-state index contributed by atoms with van der Waals surface area (Å²) in [5, 5.41) is 1.06. The van der Waals surface area contributed by atoms with E-state index in [1.807, 2.05) is 48.7 Å². The molecule has 1 N–H and O–H groups in total. The van der Waals surface area contributed by atoms with Crippen molar-refractivity contribution in [2.75, 3.05) is 32.7 Å². The molecule has 5 rings (SSSR count). The van der Waals surface area contributed by atoms with Gasteiger partial charge in [-0.3, -0.25) is 19.3 Å². The average molecular weight is 428 g/mol. The number of hydrogen-bond donors (Lipinski definition) is 1. The van der Waals surface area contributed by atoms with Crippen LogP contribution in [0.5, 0.6) is 0 Å². The van der Waals surface area contributed by atoms with Crippen LogP contribution in [0.15, 0.2) is 61.3 Å². The second kappa shape index (κ2) is 8.00. The smallest absolute Gasteiger partial charge is 0.259 e. The number of H-pyrrole nitrogens is 1. The van der Waals surface area contributed by atoms with E-state index >= 15 is 0 Å². The van der Waals surface area contributed by atoms with Crippen LogP contribution in [0, 0.1) is 0 Å². The number of rotatable bonds is 4. The maximum atomic E-state index is 12.9. The van der Waals surface area contributed by atoms with Crippen LogP contribution in [0.4, 0.5) is 0 Å². The van der Waals surface area contributed by atoms with Gasteiger partial charge in [-0.05, 0) is 17.7 Å². The molecule has 2 aliphatic rings. The molecule has 2 aromatic carbocycles. The summed E-state index contributed by atoms with van der Waals surface area (Å²) in [6, 6.07) is 15.2. The lowest BCUT2D eigenvalue weighted by Crippen LogP contribution is -2.52. The SMILES string of the molecule is C=C1c2ccccc2C(=O)N1CC(=O)N1CCN(C(=O)Cc2c[nH]c3ccccc23)CC1. The number of hydrogen-bond acceptors (Lipinski definition) is 3. The Hall–Kier alpha value is -3.87. The minimum Gasteiger partial charge on any atom is -0.361 e. The van der Waals surface area contributed by atoms with Crippen molar-refractivity contribution in [1.82, 2.24) is 19.7 Å². The molecule has 0 unspecified atom stereocenters. The van der Waals surface area contributed by atoms with Crippen molar-refractivity contribution in [3.05, 3.63) is 78.0 Å². The van der Waals surface area contributed by atoms with Gasteiger partial charge in [0, 0.05) is 60.1 Å². The van der Waals surface area contributed by atoms with E-state index in [-0.39, 0.29) is 24.3 Å². The molecule has 1 saturated heterocycles. The number of piperazine rings is 1. The van der Waals surface area contributed by atoms with Crippen LogP contribution in [0.2, 0.25) is 0 Å². The third-order valence-electron chi connectivity index (χ3n) is 6.33. The third-order valence-corrected chi connectivity index (χ3v) is 6.33. The van der Waals surface area contributed by atoms with Gasteiger partial charge in [-0.25, -0.2) is 0 Å². The molecule has 0 atom stereocenters. The highest BCUT2D eigenvalue weighted by Crippen LogP contribution is 2.31. The number of carbonyl (C=O) groups is 3. The Labute approximate surface area is 185 Å². The molecule has 0 aliphatic carbocycles. The van der Waals surface area contributed by atoms with Crippen LogP contribution in [0.25, 0.3) is 16.6 Å². The fourth-order valence-electron chi connectivity index (χ4n) is 4.49. The predicted octanol–water partition coefficient (Wildman–Crippen LogP) is 2.51. The van der Waals surface area contributed by atoms with Gasteiger partial charge in [0.2, 0.25) is 11.8 Å². The lowest BCUT2D eigenvalue weighted by atomic mass is 10.1.